The Labute approximate surface area is 195 Å². The highest BCUT2D eigenvalue weighted by atomic mass is 32.1. The highest BCUT2D eigenvalue weighted by Gasteiger charge is 2.23. The molecule has 0 spiro atoms. The average Bonchev–Trinajstić information content (AvgIpc) is 3.60. The molecule has 4 aromatic rings. The molecule has 0 aliphatic carbocycles. The Hall–Kier alpha value is -3.37. The predicted octanol–water partition coefficient (Wildman–Crippen LogP) is 3.43. The zero-order chi connectivity index (χ0) is 22.6. The van der Waals surface area contributed by atoms with Crippen molar-refractivity contribution in [1.82, 2.24) is 30.1 Å². The standard InChI is InChI=1S/C23H24N6O3S/c1-16-2-4-17(5-3-16)22-24-20(32-27-22)14-28-9-11-29(12-10-28)21(30)7-6-19-25-26-23(31-19)18-8-13-33-15-18/h2-5,8,13,15H,6-7,9-12,14H2,1H3. The van der Waals surface area contributed by atoms with Crippen LogP contribution in [0.5, 0.6) is 0 Å². The van der Waals surface area contributed by atoms with Crippen LogP contribution in [0, 0.1) is 6.92 Å². The van der Waals surface area contributed by atoms with Crippen LogP contribution in [-0.2, 0) is 17.8 Å². The van der Waals surface area contributed by atoms with Crippen molar-refractivity contribution in [1.29, 1.82) is 0 Å². The number of amides is 1. The minimum atomic E-state index is 0.101. The summed E-state index contributed by atoms with van der Waals surface area (Å²) in [6.07, 6.45) is 0.800. The third-order valence-corrected chi connectivity index (χ3v) is 6.33. The summed E-state index contributed by atoms with van der Waals surface area (Å²) in [4.78, 5) is 21.3. The fraction of sp³-hybridized carbons (Fsp3) is 0.348. The fourth-order valence-corrected chi connectivity index (χ4v) is 4.34. The van der Waals surface area contributed by atoms with Gasteiger partial charge in [0.1, 0.15) is 0 Å². The number of aryl methyl sites for hydroxylation is 2. The maximum atomic E-state index is 12.6. The van der Waals surface area contributed by atoms with E-state index >= 15 is 0 Å². The smallest absolute Gasteiger partial charge is 0.248 e. The van der Waals surface area contributed by atoms with E-state index in [0.717, 1.165) is 24.2 Å². The molecule has 1 amide bonds. The SMILES string of the molecule is Cc1ccc(-c2noc(CN3CCN(C(=O)CCc4nnc(-c5ccsc5)o4)CC3)n2)cc1. The number of carbonyl (C=O) groups excluding carboxylic acids is 1. The first-order chi connectivity index (χ1) is 16.1. The van der Waals surface area contributed by atoms with Crippen molar-refractivity contribution in [3.63, 3.8) is 0 Å². The highest BCUT2D eigenvalue weighted by molar-refractivity contribution is 7.08. The second-order valence-corrected chi connectivity index (χ2v) is 8.83. The minimum Gasteiger partial charge on any atom is -0.421 e. The van der Waals surface area contributed by atoms with E-state index in [0.29, 0.717) is 56.0 Å². The summed E-state index contributed by atoms with van der Waals surface area (Å²) < 4.78 is 11.1. The van der Waals surface area contributed by atoms with Crippen molar-refractivity contribution in [3.05, 3.63) is 58.4 Å². The Morgan fingerprint density at radius 3 is 2.61 bits per heavy atom. The summed E-state index contributed by atoms with van der Waals surface area (Å²) in [5.41, 5.74) is 3.04. The van der Waals surface area contributed by atoms with Gasteiger partial charge >= 0.3 is 0 Å². The molecule has 1 aliphatic heterocycles. The second-order valence-electron chi connectivity index (χ2n) is 8.05. The number of nitrogens with zero attached hydrogens (tertiary/aromatic N) is 6. The van der Waals surface area contributed by atoms with Crippen LogP contribution in [0.15, 0.2) is 50.0 Å². The van der Waals surface area contributed by atoms with E-state index in [-0.39, 0.29) is 5.91 Å². The van der Waals surface area contributed by atoms with E-state index < -0.39 is 0 Å². The summed E-state index contributed by atoms with van der Waals surface area (Å²) in [6, 6.07) is 9.98. The summed E-state index contributed by atoms with van der Waals surface area (Å²) in [5.74, 6) is 2.28. The van der Waals surface area contributed by atoms with Gasteiger partial charge in [-0.05, 0) is 18.4 Å². The Morgan fingerprint density at radius 2 is 1.85 bits per heavy atom. The van der Waals surface area contributed by atoms with Gasteiger partial charge in [-0.1, -0.05) is 35.0 Å². The Balaban J connectivity index is 1.08. The Morgan fingerprint density at radius 1 is 1.03 bits per heavy atom. The number of hydrogen-bond donors (Lipinski definition) is 0. The molecular formula is C23H24N6O3S. The Bertz CT molecular complexity index is 1190. The van der Waals surface area contributed by atoms with Crippen LogP contribution in [0.25, 0.3) is 22.8 Å². The first-order valence-electron chi connectivity index (χ1n) is 10.9. The van der Waals surface area contributed by atoms with E-state index in [1.54, 1.807) is 11.3 Å². The van der Waals surface area contributed by atoms with Crippen LogP contribution in [0.3, 0.4) is 0 Å². The quantitative estimate of drug-likeness (QED) is 0.410. The molecule has 170 valence electrons. The monoisotopic (exact) mass is 464 g/mol. The van der Waals surface area contributed by atoms with Gasteiger partial charge in [-0.15, -0.1) is 10.2 Å². The van der Waals surface area contributed by atoms with Gasteiger partial charge < -0.3 is 13.8 Å². The molecule has 0 atom stereocenters. The van der Waals surface area contributed by atoms with Crippen LogP contribution in [0.2, 0.25) is 0 Å². The molecule has 33 heavy (non-hydrogen) atoms. The van der Waals surface area contributed by atoms with Crippen molar-refractivity contribution in [2.75, 3.05) is 26.2 Å². The summed E-state index contributed by atoms with van der Waals surface area (Å²) >= 11 is 1.58. The lowest BCUT2D eigenvalue weighted by Gasteiger charge is -2.33. The normalized spacial score (nSPS) is 14.6. The molecule has 1 aromatic carbocycles. The number of benzene rings is 1. The molecular weight excluding hydrogens is 440 g/mol. The molecule has 9 nitrogen and oxygen atoms in total. The number of aromatic nitrogens is 4. The predicted molar refractivity (Wildman–Crippen MR) is 122 cm³/mol. The number of hydrogen-bond acceptors (Lipinski definition) is 9. The van der Waals surface area contributed by atoms with E-state index in [2.05, 4.69) is 25.2 Å². The minimum absolute atomic E-state index is 0.101. The van der Waals surface area contributed by atoms with Gasteiger partial charge in [0.15, 0.2) is 0 Å². The lowest BCUT2D eigenvalue weighted by Crippen LogP contribution is -2.48. The molecule has 5 rings (SSSR count). The fourth-order valence-electron chi connectivity index (χ4n) is 3.72. The maximum Gasteiger partial charge on any atom is 0.248 e. The van der Waals surface area contributed by atoms with Crippen molar-refractivity contribution < 1.29 is 13.7 Å². The van der Waals surface area contributed by atoms with Crippen LogP contribution in [-0.4, -0.2) is 62.2 Å². The highest BCUT2D eigenvalue weighted by Crippen LogP contribution is 2.21. The molecule has 0 saturated carbocycles. The topological polar surface area (TPSA) is 101 Å². The number of rotatable bonds is 7. The van der Waals surface area contributed by atoms with E-state index in [1.807, 2.05) is 52.9 Å². The van der Waals surface area contributed by atoms with Crippen molar-refractivity contribution in [2.45, 2.75) is 26.3 Å². The molecule has 3 aromatic heterocycles. The Kier molecular flexibility index (Phi) is 6.27. The lowest BCUT2D eigenvalue weighted by atomic mass is 10.1. The van der Waals surface area contributed by atoms with Gasteiger partial charge in [-0.3, -0.25) is 9.69 Å². The number of piperazine rings is 1. The largest absolute Gasteiger partial charge is 0.421 e. The van der Waals surface area contributed by atoms with Crippen LogP contribution in [0.1, 0.15) is 23.8 Å². The molecule has 0 N–H and O–H groups in total. The molecule has 1 fully saturated rings. The van der Waals surface area contributed by atoms with Gasteiger partial charge in [-0.25, -0.2) is 0 Å². The first-order valence-corrected chi connectivity index (χ1v) is 11.8. The van der Waals surface area contributed by atoms with Crippen molar-refractivity contribution >= 4 is 17.2 Å². The van der Waals surface area contributed by atoms with E-state index in [9.17, 15) is 4.79 Å². The third kappa shape index (κ3) is 5.18. The zero-order valence-electron chi connectivity index (χ0n) is 18.3. The van der Waals surface area contributed by atoms with Gasteiger partial charge in [0.25, 0.3) is 0 Å². The van der Waals surface area contributed by atoms with Gasteiger partial charge in [-0.2, -0.15) is 16.3 Å². The van der Waals surface area contributed by atoms with E-state index in [4.69, 9.17) is 8.94 Å². The third-order valence-electron chi connectivity index (χ3n) is 5.65. The zero-order valence-corrected chi connectivity index (χ0v) is 19.1. The maximum absolute atomic E-state index is 12.6. The van der Waals surface area contributed by atoms with Gasteiger partial charge in [0.05, 0.1) is 6.54 Å². The molecule has 10 heteroatoms. The molecule has 0 radical (unpaired) electrons. The molecule has 0 bridgehead atoms. The van der Waals surface area contributed by atoms with Gasteiger partial charge in [0.2, 0.25) is 29.4 Å². The lowest BCUT2D eigenvalue weighted by molar-refractivity contribution is -0.133. The average molecular weight is 465 g/mol. The summed E-state index contributed by atoms with van der Waals surface area (Å²) in [6.45, 7) is 5.48. The van der Waals surface area contributed by atoms with Crippen LogP contribution >= 0.6 is 11.3 Å². The molecule has 1 aliphatic rings. The molecule has 4 heterocycles. The van der Waals surface area contributed by atoms with Crippen LogP contribution < -0.4 is 0 Å². The van der Waals surface area contributed by atoms with Crippen molar-refractivity contribution in [3.8, 4) is 22.8 Å². The molecule has 1 saturated heterocycles. The molecule has 0 unspecified atom stereocenters. The number of carbonyl (C=O) groups is 1. The second kappa shape index (κ2) is 9.63. The summed E-state index contributed by atoms with van der Waals surface area (Å²) in [7, 11) is 0. The summed E-state index contributed by atoms with van der Waals surface area (Å²) in [5, 5.41) is 16.1. The van der Waals surface area contributed by atoms with E-state index in [1.165, 1.54) is 5.56 Å². The number of thiophene rings is 1. The first kappa shape index (κ1) is 21.5. The van der Waals surface area contributed by atoms with Crippen molar-refractivity contribution in [2.24, 2.45) is 0 Å². The van der Waals surface area contributed by atoms with Crippen LogP contribution in [0.4, 0.5) is 0 Å². The van der Waals surface area contributed by atoms with Gasteiger partial charge in [0, 0.05) is 55.5 Å².